The second kappa shape index (κ2) is 5.85. The molecule has 1 aromatic carbocycles. The van der Waals surface area contributed by atoms with Crippen LogP contribution >= 0.6 is 11.6 Å². The monoisotopic (exact) mass is 267 g/mol. The maximum atomic E-state index is 12.3. The van der Waals surface area contributed by atoms with Gasteiger partial charge in [0.25, 0.3) is 0 Å². The van der Waals surface area contributed by atoms with Gasteiger partial charge in [-0.1, -0.05) is 44.5 Å². The van der Waals surface area contributed by atoms with E-state index in [0.717, 1.165) is 6.54 Å². The third-order valence-corrected chi connectivity index (χ3v) is 3.11. The van der Waals surface area contributed by atoms with Crippen LogP contribution in [-0.4, -0.2) is 30.3 Å². The Hall–Kier alpha value is -0.860. The van der Waals surface area contributed by atoms with Crippen molar-refractivity contribution in [2.24, 2.45) is 5.41 Å². The number of benzene rings is 1. The number of nitrogens with zero attached hydrogens (tertiary/aromatic N) is 1. The van der Waals surface area contributed by atoms with Gasteiger partial charge in [0.15, 0.2) is 5.78 Å². The van der Waals surface area contributed by atoms with Crippen molar-refractivity contribution in [3.05, 3.63) is 34.9 Å². The van der Waals surface area contributed by atoms with Gasteiger partial charge in [-0.2, -0.15) is 0 Å². The van der Waals surface area contributed by atoms with Crippen molar-refractivity contribution >= 4 is 17.4 Å². The molecule has 0 aliphatic carbocycles. The number of hydrogen-bond acceptors (Lipinski definition) is 2. The first kappa shape index (κ1) is 15.2. The predicted molar refractivity (Wildman–Crippen MR) is 77.3 cm³/mol. The molecule has 2 nitrogen and oxygen atoms in total. The third kappa shape index (κ3) is 4.43. The molecule has 18 heavy (non-hydrogen) atoms. The molecule has 0 aromatic heterocycles. The summed E-state index contributed by atoms with van der Waals surface area (Å²) in [5, 5.41) is 0.603. The molecule has 1 unspecified atom stereocenters. The van der Waals surface area contributed by atoms with Gasteiger partial charge < -0.3 is 0 Å². The molecule has 0 aliphatic heterocycles. The molecule has 1 atom stereocenters. The first-order valence-corrected chi connectivity index (χ1v) is 6.58. The highest BCUT2D eigenvalue weighted by Crippen LogP contribution is 2.18. The molecule has 0 fully saturated rings. The Labute approximate surface area is 115 Å². The van der Waals surface area contributed by atoms with Crippen molar-refractivity contribution in [3.8, 4) is 0 Å². The topological polar surface area (TPSA) is 20.3 Å². The fourth-order valence-corrected chi connectivity index (χ4v) is 2.16. The van der Waals surface area contributed by atoms with Gasteiger partial charge >= 0.3 is 0 Å². The molecule has 0 heterocycles. The van der Waals surface area contributed by atoms with Gasteiger partial charge in [0, 0.05) is 17.1 Å². The van der Waals surface area contributed by atoms with Gasteiger partial charge in [-0.15, -0.1) is 0 Å². The zero-order valence-corrected chi connectivity index (χ0v) is 12.6. The highest BCUT2D eigenvalue weighted by molar-refractivity contribution is 6.31. The Morgan fingerprint density at radius 2 is 2.00 bits per heavy atom. The molecule has 0 aliphatic rings. The fraction of sp³-hybridized carbons (Fsp3) is 0.533. The predicted octanol–water partition coefficient (Wildman–Crippen LogP) is 3.89. The van der Waals surface area contributed by atoms with Gasteiger partial charge in [-0.25, -0.2) is 0 Å². The molecule has 100 valence electrons. The van der Waals surface area contributed by atoms with E-state index in [1.165, 1.54) is 0 Å². The van der Waals surface area contributed by atoms with Gasteiger partial charge in [0.05, 0.1) is 6.04 Å². The van der Waals surface area contributed by atoms with Crippen LogP contribution in [0.15, 0.2) is 24.3 Å². The number of likely N-dealkylation sites (N-methyl/N-ethyl adjacent to an activating group) is 1. The van der Waals surface area contributed by atoms with E-state index in [0.29, 0.717) is 10.6 Å². The second-order valence-electron chi connectivity index (χ2n) is 6.03. The van der Waals surface area contributed by atoms with Crippen molar-refractivity contribution < 1.29 is 4.79 Å². The Bertz CT molecular complexity index is 423. The molecule has 0 saturated heterocycles. The van der Waals surface area contributed by atoms with Crippen LogP contribution in [0, 0.1) is 5.41 Å². The molecule has 1 aromatic rings. The van der Waals surface area contributed by atoms with Crippen LogP contribution in [-0.2, 0) is 0 Å². The smallest absolute Gasteiger partial charge is 0.179 e. The van der Waals surface area contributed by atoms with Crippen LogP contribution in [0.2, 0.25) is 5.02 Å². The fourth-order valence-electron chi connectivity index (χ4n) is 1.97. The summed E-state index contributed by atoms with van der Waals surface area (Å²) in [7, 11) is 1.98. The van der Waals surface area contributed by atoms with Crippen LogP contribution in [0.4, 0.5) is 0 Å². The van der Waals surface area contributed by atoms with E-state index in [9.17, 15) is 4.79 Å². The maximum Gasteiger partial charge on any atom is 0.179 e. The highest BCUT2D eigenvalue weighted by Gasteiger charge is 2.23. The SMILES string of the molecule is CC(C(=O)c1cccc(Cl)c1)N(C)CC(C)(C)C. The number of hydrogen-bond donors (Lipinski definition) is 0. The van der Waals surface area contributed by atoms with E-state index < -0.39 is 0 Å². The van der Waals surface area contributed by atoms with Crippen LogP contribution in [0.5, 0.6) is 0 Å². The van der Waals surface area contributed by atoms with E-state index in [1.54, 1.807) is 12.1 Å². The second-order valence-corrected chi connectivity index (χ2v) is 6.46. The molecule has 0 N–H and O–H groups in total. The summed E-state index contributed by atoms with van der Waals surface area (Å²) in [6.07, 6.45) is 0. The van der Waals surface area contributed by atoms with Crippen molar-refractivity contribution in [2.45, 2.75) is 33.7 Å². The lowest BCUT2D eigenvalue weighted by Gasteiger charge is -2.30. The van der Waals surface area contributed by atoms with Crippen molar-refractivity contribution in [1.82, 2.24) is 4.90 Å². The summed E-state index contributed by atoms with van der Waals surface area (Å²) in [6.45, 7) is 9.32. The van der Waals surface area contributed by atoms with E-state index in [-0.39, 0.29) is 17.2 Å². The number of carbonyl (C=O) groups excluding carboxylic acids is 1. The highest BCUT2D eigenvalue weighted by atomic mass is 35.5. The first-order chi connectivity index (χ1) is 8.20. The van der Waals surface area contributed by atoms with E-state index >= 15 is 0 Å². The molecular formula is C15H22ClNO. The van der Waals surface area contributed by atoms with Crippen LogP contribution in [0.3, 0.4) is 0 Å². The molecular weight excluding hydrogens is 246 g/mol. The normalized spacial score (nSPS) is 13.7. The zero-order valence-electron chi connectivity index (χ0n) is 11.8. The minimum absolute atomic E-state index is 0.115. The maximum absolute atomic E-state index is 12.3. The van der Waals surface area contributed by atoms with Crippen LogP contribution < -0.4 is 0 Å². The molecule has 0 spiro atoms. The third-order valence-electron chi connectivity index (χ3n) is 2.87. The summed E-state index contributed by atoms with van der Waals surface area (Å²) < 4.78 is 0. The van der Waals surface area contributed by atoms with Gasteiger partial charge in [0.2, 0.25) is 0 Å². The van der Waals surface area contributed by atoms with Crippen molar-refractivity contribution in [1.29, 1.82) is 0 Å². The molecule has 0 radical (unpaired) electrons. The van der Waals surface area contributed by atoms with Gasteiger partial charge in [-0.05, 0) is 31.5 Å². The lowest BCUT2D eigenvalue weighted by atomic mass is 9.94. The minimum atomic E-state index is -0.136. The molecule has 0 bridgehead atoms. The molecule has 3 heteroatoms. The van der Waals surface area contributed by atoms with Crippen LogP contribution in [0.1, 0.15) is 38.1 Å². The lowest BCUT2D eigenvalue weighted by molar-refractivity contribution is 0.0831. The lowest BCUT2D eigenvalue weighted by Crippen LogP contribution is -2.40. The zero-order chi connectivity index (χ0) is 13.9. The Balaban J connectivity index is 2.78. The summed E-state index contributed by atoms with van der Waals surface area (Å²) in [6, 6.07) is 7.00. The minimum Gasteiger partial charge on any atom is -0.296 e. The summed E-state index contributed by atoms with van der Waals surface area (Å²) in [5.41, 5.74) is 0.855. The van der Waals surface area contributed by atoms with Gasteiger partial charge in [0.1, 0.15) is 0 Å². The van der Waals surface area contributed by atoms with E-state index in [4.69, 9.17) is 11.6 Å². The summed E-state index contributed by atoms with van der Waals surface area (Å²) in [5.74, 6) is 0.115. The van der Waals surface area contributed by atoms with Gasteiger partial charge in [-0.3, -0.25) is 9.69 Å². The molecule has 0 saturated carbocycles. The van der Waals surface area contributed by atoms with Crippen LogP contribution in [0.25, 0.3) is 0 Å². The molecule has 1 rings (SSSR count). The van der Waals surface area contributed by atoms with E-state index in [2.05, 4.69) is 25.7 Å². The number of halogens is 1. The number of rotatable bonds is 4. The molecule has 0 amide bonds. The first-order valence-electron chi connectivity index (χ1n) is 6.21. The number of ketones is 1. The van der Waals surface area contributed by atoms with E-state index in [1.807, 2.05) is 26.1 Å². The number of Topliss-reactive ketones (excluding diaryl/α,β-unsaturated/α-hetero) is 1. The van der Waals surface area contributed by atoms with Crippen molar-refractivity contribution in [3.63, 3.8) is 0 Å². The quantitative estimate of drug-likeness (QED) is 0.772. The average molecular weight is 268 g/mol. The Kier molecular flexibility index (Phi) is 4.94. The number of carbonyl (C=O) groups is 1. The largest absolute Gasteiger partial charge is 0.296 e. The van der Waals surface area contributed by atoms with Crippen molar-refractivity contribution in [2.75, 3.05) is 13.6 Å². The average Bonchev–Trinajstić information content (AvgIpc) is 2.24. The Morgan fingerprint density at radius 1 is 1.39 bits per heavy atom. The Morgan fingerprint density at radius 3 is 2.50 bits per heavy atom. The standard InChI is InChI=1S/C15H22ClNO/c1-11(17(5)10-15(2,3)4)14(18)12-7-6-8-13(16)9-12/h6-9,11H,10H2,1-5H3. The summed E-state index contributed by atoms with van der Waals surface area (Å²) >= 11 is 5.91. The summed E-state index contributed by atoms with van der Waals surface area (Å²) in [4.78, 5) is 14.4.